The Labute approximate surface area is 113 Å². The van der Waals surface area contributed by atoms with Crippen LogP contribution in [-0.4, -0.2) is 35.2 Å². The summed E-state index contributed by atoms with van der Waals surface area (Å²) in [6, 6.07) is 1.12. The molecule has 4 unspecified atom stereocenters. The molecular formula is C16H31NO. The summed E-state index contributed by atoms with van der Waals surface area (Å²) in [5, 5.41) is 10.4. The normalized spacial score (nSPS) is 39.3. The summed E-state index contributed by atoms with van der Waals surface area (Å²) < 4.78 is 0. The van der Waals surface area contributed by atoms with Crippen molar-refractivity contribution in [1.82, 2.24) is 4.90 Å². The van der Waals surface area contributed by atoms with E-state index in [-0.39, 0.29) is 6.10 Å². The van der Waals surface area contributed by atoms with Crippen molar-refractivity contribution in [2.45, 2.75) is 89.3 Å². The van der Waals surface area contributed by atoms with E-state index in [0.717, 1.165) is 12.3 Å². The third-order valence-electron chi connectivity index (χ3n) is 5.31. The van der Waals surface area contributed by atoms with Gasteiger partial charge in [-0.3, -0.25) is 4.90 Å². The lowest BCUT2D eigenvalue weighted by Gasteiger charge is -2.43. The van der Waals surface area contributed by atoms with Crippen LogP contribution in [0.15, 0.2) is 0 Å². The van der Waals surface area contributed by atoms with Crippen LogP contribution in [-0.2, 0) is 0 Å². The van der Waals surface area contributed by atoms with E-state index in [4.69, 9.17) is 0 Å². The van der Waals surface area contributed by atoms with Crippen LogP contribution in [0.5, 0.6) is 0 Å². The minimum absolute atomic E-state index is 0.0931. The maximum Gasteiger partial charge on any atom is 0.0695 e. The monoisotopic (exact) mass is 253 g/mol. The molecule has 0 saturated heterocycles. The fraction of sp³-hybridized carbons (Fsp3) is 1.00. The Bertz CT molecular complexity index is 243. The second-order valence-electron chi connectivity index (χ2n) is 6.62. The lowest BCUT2D eigenvalue weighted by molar-refractivity contribution is 0.00183. The van der Waals surface area contributed by atoms with Gasteiger partial charge in [-0.25, -0.2) is 0 Å². The highest BCUT2D eigenvalue weighted by atomic mass is 16.3. The van der Waals surface area contributed by atoms with Crippen molar-refractivity contribution in [3.8, 4) is 0 Å². The van der Waals surface area contributed by atoms with Gasteiger partial charge in [0.15, 0.2) is 0 Å². The van der Waals surface area contributed by atoms with Gasteiger partial charge >= 0.3 is 0 Å². The summed E-state index contributed by atoms with van der Waals surface area (Å²) in [5.41, 5.74) is 0. The number of aliphatic hydroxyl groups excluding tert-OH is 1. The molecule has 2 saturated carbocycles. The van der Waals surface area contributed by atoms with Crippen LogP contribution in [0.1, 0.15) is 71.1 Å². The second-order valence-corrected chi connectivity index (χ2v) is 6.62. The average molecular weight is 253 g/mol. The van der Waals surface area contributed by atoms with Crippen LogP contribution >= 0.6 is 0 Å². The zero-order valence-corrected chi connectivity index (χ0v) is 12.3. The molecule has 0 bridgehead atoms. The van der Waals surface area contributed by atoms with Gasteiger partial charge < -0.3 is 5.11 Å². The molecule has 2 heteroatoms. The molecule has 0 spiro atoms. The smallest absolute Gasteiger partial charge is 0.0695 e. The molecule has 2 aliphatic carbocycles. The Morgan fingerprint density at radius 2 is 1.33 bits per heavy atom. The van der Waals surface area contributed by atoms with E-state index in [2.05, 4.69) is 18.9 Å². The number of aliphatic hydroxyl groups is 1. The van der Waals surface area contributed by atoms with E-state index in [1.54, 1.807) is 0 Å². The van der Waals surface area contributed by atoms with Crippen LogP contribution in [0.3, 0.4) is 0 Å². The van der Waals surface area contributed by atoms with Crippen molar-refractivity contribution < 1.29 is 5.11 Å². The van der Waals surface area contributed by atoms with Crippen molar-refractivity contribution in [3.05, 3.63) is 0 Å². The topological polar surface area (TPSA) is 23.5 Å². The number of nitrogens with zero attached hydrogens (tertiary/aromatic N) is 1. The van der Waals surface area contributed by atoms with Gasteiger partial charge in [-0.15, -0.1) is 0 Å². The van der Waals surface area contributed by atoms with Crippen molar-refractivity contribution in [2.24, 2.45) is 5.92 Å². The predicted octanol–water partition coefficient (Wildman–Crippen LogP) is 3.58. The van der Waals surface area contributed by atoms with Gasteiger partial charge in [-0.05, 0) is 38.6 Å². The van der Waals surface area contributed by atoms with Gasteiger partial charge in [-0.1, -0.05) is 45.4 Å². The molecule has 1 N–H and O–H groups in total. The summed E-state index contributed by atoms with van der Waals surface area (Å²) >= 11 is 0. The summed E-state index contributed by atoms with van der Waals surface area (Å²) in [4.78, 5) is 2.54. The maximum absolute atomic E-state index is 10.4. The molecule has 2 fully saturated rings. The Balaban J connectivity index is 1.97. The van der Waals surface area contributed by atoms with Crippen LogP contribution in [0.4, 0.5) is 0 Å². The van der Waals surface area contributed by atoms with Gasteiger partial charge in [0.25, 0.3) is 0 Å². The van der Waals surface area contributed by atoms with E-state index in [1.165, 1.54) is 57.8 Å². The van der Waals surface area contributed by atoms with Crippen molar-refractivity contribution in [1.29, 1.82) is 0 Å². The summed E-state index contributed by atoms with van der Waals surface area (Å²) in [5.74, 6) is 0.807. The number of likely N-dealkylation sites (N-methyl/N-ethyl adjacent to an activating group) is 1. The first-order valence-corrected chi connectivity index (χ1v) is 8.10. The molecule has 2 nitrogen and oxygen atoms in total. The van der Waals surface area contributed by atoms with E-state index in [1.807, 2.05) is 0 Å². The molecule has 4 atom stereocenters. The number of rotatable bonds is 2. The highest BCUT2D eigenvalue weighted by Gasteiger charge is 2.32. The van der Waals surface area contributed by atoms with E-state index < -0.39 is 0 Å². The van der Waals surface area contributed by atoms with Crippen molar-refractivity contribution in [3.63, 3.8) is 0 Å². The van der Waals surface area contributed by atoms with Crippen molar-refractivity contribution >= 4 is 0 Å². The highest BCUT2D eigenvalue weighted by Crippen LogP contribution is 2.31. The SMILES string of the molecule is CC1CCCCC1N(C)C1CCCCCCC1O. The summed E-state index contributed by atoms with van der Waals surface area (Å²) in [6.07, 6.45) is 12.8. The molecule has 2 rings (SSSR count). The van der Waals surface area contributed by atoms with Crippen LogP contribution in [0, 0.1) is 5.92 Å². The van der Waals surface area contributed by atoms with Crippen LogP contribution in [0.2, 0.25) is 0 Å². The molecule has 0 amide bonds. The third kappa shape index (κ3) is 3.48. The molecule has 0 aliphatic heterocycles. The van der Waals surface area contributed by atoms with Gasteiger partial charge in [0.1, 0.15) is 0 Å². The van der Waals surface area contributed by atoms with Crippen LogP contribution in [0.25, 0.3) is 0 Å². The fourth-order valence-corrected chi connectivity index (χ4v) is 4.07. The maximum atomic E-state index is 10.4. The standard InChI is InChI=1S/C16H31NO/c1-13-9-7-8-10-14(13)17(2)15-11-5-3-4-6-12-16(15)18/h13-16,18H,3-12H2,1-2H3. The fourth-order valence-electron chi connectivity index (χ4n) is 4.07. The first-order valence-electron chi connectivity index (χ1n) is 8.10. The van der Waals surface area contributed by atoms with E-state index >= 15 is 0 Å². The zero-order valence-electron chi connectivity index (χ0n) is 12.3. The minimum Gasteiger partial charge on any atom is -0.391 e. The summed E-state index contributed by atoms with van der Waals surface area (Å²) in [7, 11) is 2.27. The Kier molecular flexibility index (Phi) is 5.50. The first-order chi connectivity index (χ1) is 8.70. The first kappa shape index (κ1) is 14.3. The average Bonchev–Trinajstić information content (AvgIpc) is 2.34. The Morgan fingerprint density at radius 1 is 0.778 bits per heavy atom. The lowest BCUT2D eigenvalue weighted by Crippen LogP contribution is -2.50. The molecular weight excluding hydrogens is 222 g/mol. The molecule has 0 aromatic carbocycles. The van der Waals surface area contributed by atoms with Gasteiger partial charge in [-0.2, -0.15) is 0 Å². The van der Waals surface area contributed by atoms with Crippen molar-refractivity contribution in [2.75, 3.05) is 7.05 Å². The van der Waals surface area contributed by atoms with E-state index in [0.29, 0.717) is 12.1 Å². The minimum atomic E-state index is -0.0931. The van der Waals surface area contributed by atoms with Crippen LogP contribution < -0.4 is 0 Å². The number of hydrogen-bond acceptors (Lipinski definition) is 2. The molecule has 2 aliphatic rings. The molecule has 0 heterocycles. The quantitative estimate of drug-likeness (QED) is 0.813. The molecule has 0 aromatic rings. The molecule has 0 aromatic heterocycles. The second kappa shape index (κ2) is 6.91. The highest BCUT2D eigenvalue weighted by molar-refractivity contribution is 4.87. The predicted molar refractivity (Wildman–Crippen MR) is 76.7 cm³/mol. The Morgan fingerprint density at radius 3 is 2.06 bits per heavy atom. The molecule has 0 radical (unpaired) electrons. The van der Waals surface area contributed by atoms with Gasteiger partial charge in [0.2, 0.25) is 0 Å². The van der Waals surface area contributed by atoms with E-state index in [9.17, 15) is 5.11 Å². The van der Waals surface area contributed by atoms with Gasteiger partial charge in [0, 0.05) is 12.1 Å². The number of hydrogen-bond donors (Lipinski definition) is 1. The Hall–Kier alpha value is -0.0800. The zero-order chi connectivity index (χ0) is 13.0. The summed E-state index contributed by atoms with van der Waals surface area (Å²) in [6.45, 7) is 2.40. The molecule has 106 valence electrons. The van der Waals surface area contributed by atoms with Gasteiger partial charge in [0.05, 0.1) is 6.10 Å². The largest absolute Gasteiger partial charge is 0.391 e. The molecule has 18 heavy (non-hydrogen) atoms. The lowest BCUT2D eigenvalue weighted by atomic mass is 9.83. The third-order valence-corrected chi connectivity index (χ3v) is 5.31.